The molecule has 0 atom stereocenters. The molecule has 0 saturated carbocycles. The SMILES string of the molecule is CCN(CC)CCOc1cc(NC(=O)N2CCN(Cc3ccccc3)CC2)ccc1OC. The van der Waals surface area contributed by atoms with E-state index in [0.29, 0.717) is 36.9 Å². The molecule has 7 nitrogen and oxygen atoms in total. The van der Waals surface area contributed by atoms with Crippen LogP contribution in [-0.2, 0) is 6.54 Å². The number of carbonyl (C=O) groups is 1. The van der Waals surface area contributed by atoms with Gasteiger partial charge in [0.2, 0.25) is 0 Å². The largest absolute Gasteiger partial charge is 0.493 e. The number of carbonyl (C=O) groups excluding carboxylic acids is 1. The van der Waals surface area contributed by atoms with E-state index < -0.39 is 0 Å². The molecule has 0 unspecified atom stereocenters. The Balaban J connectivity index is 1.51. The van der Waals surface area contributed by atoms with E-state index in [1.165, 1.54) is 5.56 Å². The standard InChI is InChI=1S/C25H36N4O3/c1-4-27(5-2)17-18-32-24-19-22(11-12-23(24)31-3)26-25(30)29-15-13-28(14-16-29)20-21-9-7-6-8-10-21/h6-12,19H,4-5,13-18,20H2,1-3H3,(H,26,30). The Hall–Kier alpha value is -2.77. The first-order valence-electron chi connectivity index (χ1n) is 11.5. The number of urea groups is 1. The van der Waals surface area contributed by atoms with Gasteiger partial charge in [-0.2, -0.15) is 0 Å². The average molecular weight is 441 g/mol. The van der Waals surface area contributed by atoms with Crippen molar-refractivity contribution < 1.29 is 14.3 Å². The van der Waals surface area contributed by atoms with E-state index in [4.69, 9.17) is 9.47 Å². The van der Waals surface area contributed by atoms with Gasteiger partial charge in [0, 0.05) is 51.0 Å². The Kier molecular flexibility index (Phi) is 9.19. The molecular weight excluding hydrogens is 404 g/mol. The Morgan fingerprint density at radius 1 is 1.00 bits per heavy atom. The minimum absolute atomic E-state index is 0.0800. The molecule has 1 saturated heterocycles. The van der Waals surface area contributed by atoms with Crippen LogP contribution in [0.4, 0.5) is 10.5 Å². The van der Waals surface area contributed by atoms with Gasteiger partial charge in [-0.15, -0.1) is 0 Å². The molecule has 1 fully saturated rings. The lowest BCUT2D eigenvalue weighted by molar-refractivity contribution is 0.143. The molecule has 0 spiro atoms. The Labute approximate surface area is 191 Å². The number of nitrogens with zero attached hydrogens (tertiary/aromatic N) is 3. The highest BCUT2D eigenvalue weighted by atomic mass is 16.5. The second-order valence-electron chi connectivity index (χ2n) is 7.92. The van der Waals surface area contributed by atoms with Crippen molar-refractivity contribution in [2.45, 2.75) is 20.4 Å². The maximum absolute atomic E-state index is 12.8. The van der Waals surface area contributed by atoms with Crippen LogP contribution < -0.4 is 14.8 Å². The zero-order chi connectivity index (χ0) is 22.8. The van der Waals surface area contributed by atoms with Crippen molar-refractivity contribution in [3.05, 3.63) is 54.1 Å². The number of rotatable bonds is 10. The monoisotopic (exact) mass is 440 g/mol. The summed E-state index contributed by atoms with van der Waals surface area (Å²) in [5, 5.41) is 3.01. The van der Waals surface area contributed by atoms with Crippen LogP contribution in [0.15, 0.2) is 48.5 Å². The molecule has 32 heavy (non-hydrogen) atoms. The molecule has 1 aliphatic rings. The van der Waals surface area contributed by atoms with Crippen LogP contribution in [0.2, 0.25) is 0 Å². The van der Waals surface area contributed by atoms with Crippen molar-refractivity contribution in [3.63, 3.8) is 0 Å². The number of hydrogen-bond donors (Lipinski definition) is 1. The van der Waals surface area contributed by atoms with E-state index >= 15 is 0 Å². The van der Waals surface area contributed by atoms with Crippen molar-refractivity contribution in [3.8, 4) is 11.5 Å². The van der Waals surface area contributed by atoms with Crippen LogP contribution in [0, 0.1) is 0 Å². The second-order valence-corrected chi connectivity index (χ2v) is 7.92. The molecule has 1 N–H and O–H groups in total. The van der Waals surface area contributed by atoms with Gasteiger partial charge in [0.1, 0.15) is 6.61 Å². The number of piperazine rings is 1. The number of likely N-dealkylation sites (N-methyl/N-ethyl adjacent to an activating group) is 1. The minimum atomic E-state index is -0.0800. The summed E-state index contributed by atoms with van der Waals surface area (Å²) < 4.78 is 11.4. The highest BCUT2D eigenvalue weighted by molar-refractivity contribution is 5.89. The Bertz CT molecular complexity index is 834. The molecule has 0 bridgehead atoms. The van der Waals surface area contributed by atoms with Crippen molar-refractivity contribution in [2.24, 2.45) is 0 Å². The first kappa shape index (κ1) is 23.9. The summed E-state index contributed by atoms with van der Waals surface area (Å²) in [4.78, 5) is 19.3. The van der Waals surface area contributed by atoms with Crippen LogP contribution in [0.5, 0.6) is 11.5 Å². The summed E-state index contributed by atoms with van der Waals surface area (Å²) in [5.41, 5.74) is 2.01. The summed E-state index contributed by atoms with van der Waals surface area (Å²) in [6, 6.07) is 15.9. The third kappa shape index (κ3) is 6.87. The van der Waals surface area contributed by atoms with Crippen molar-refractivity contribution >= 4 is 11.7 Å². The van der Waals surface area contributed by atoms with E-state index in [2.05, 4.69) is 53.2 Å². The van der Waals surface area contributed by atoms with Gasteiger partial charge in [-0.1, -0.05) is 44.2 Å². The second kappa shape index (κ2) is 12.3. The molecule has 1 heterocycles. The lowest BCUT2D eigenvalue weighted by Gasteiger charge is -2.34. The van der Waals surface area contributed by atoms with Crippen LogP contribution in [0.25, 0.3) is 0 Å². The maximum Gasteiger partial charge on any atom is 0.321 e. The zero-order valence-electron chi connectivity index (χ0n) is 19.5. The minimum Gasteiger partial charge on any atom is -0.493 e. The molecule has 0 aliphatic carbocycles. The third-order valence-electron chi connectivity index (χ3n) is 5.88. The van der Waals surface area contributed by atoms with Gasteiger partial charge in [0.15, 0.2) is 11.5 Å². The van der Waals surface area contributed by atoms with Crippen molar-refractivity contribution in [1.82, 2.24) is 14.7 Å². The molecule has 2 aromatic carbocycles. The molecule has 7 heteroatoms. The van der Waals surface area contributed by atoms with Gasteiger partial charge in [0.05, 0.1) is 7.11 Å². The summed E-state index contributed by atoms with van der Waals surface area (Å²) in [5.74, 6) is 1.31. The topological polar surface area (TPSA) is 57.3 Å². The predicted octanol–water partition coefficient (Wildman–Crippen LogP) is 3.77. The summed E-state index contributed by atoms with van der Waals surface area (Å²) in [6.45, 7) is 11.8. The predicted molar refractivity (Wildman–Crippen MR) is 129 cm³/mol. The van der Waals surface area contributed by atoms with E-state index in [9.17, 15) is 4.79 Å². The summed E-state index contributed by atoms with van der Waals surface area (Å²) in [7, 11) is 1.62. The summed E-state index contributed by atoms with van der Waals surface area (Å²) >= 11 is 0. The fraction of sp³-hybridized carbons (Fsp3) is 0.480. The van der Waals surface area contributed by atoms with Gasteiger partial charge in [-0.05, 0) is 30.8 Å². The lowest BCUT2D eigenvalue weighted by Crippen LogP contribution is -2.49. The molecule has 174 valence electrons. The fourth-order valence-corrected chi connectivity index (χ4v) is 3.85. The van der Waals surface area contributed by atoms with E-state index in [1.807, 2.05) is 29.2 Å². The number of methoxy groups -OCH3 is 1. The third-order valence-corrected chi connectivity index (χ3v) is 5.88. The van der Waals surface area contributed by atoms with Gasteiger partial charge < -0.3 is 24.6 Å². The number of benzene rings is 2. The number of nitrogens with one attached hydrogen (secondary N) is 1. The Morgan fingerprint density at radius 2 is 1.72 bits per heavy atom. The van der Waals surface area contributed by atoms with Crippen molar-refractivity contribution in [1.29, 1.82) is 0 Å². The van der Waals surface area contributed by atoms with Gasteiger partial charge >= 0.3 is 6.03 Å². The van der Waals surface area contributed by atoms with Crippen molar-refractivity contribution in [2.75, 3.05) is 64.8 Å². The number of ether oxygens (including phenoxy) is 2. The average Bonchev–Trinajstić information content (AvgIpc) is 2.83. The van der Waals surface area contributed by atoms with Gasteiger partial charge in [-0.25, -0.2) is 4.79 Å². The van der Waals surface area contributed by atoms with E-state index in [-0.39, 0.29) is 6.03 Å². The van der Waals surface area contributed by atoms with E-state index in [1.54, 1.807) is 7.11 Å². The molecule has 0 aromatic heterocycles. The molecular formula is C25H36N4O3. The Morgan fingerprint density at radius 3 is 2.38 bits per heavy atom. The first-order valence-corrected chi connectivity index (χ1v) is 11.5. The number of amides is 2. The highest BCUT2D eigenvalue weighted by Gasteiger charge is 2.21. The van der Waals surface area contributed by atoms with E-state index in [0.717, 1.165) is 39.3 Å². The zero-order valence-corrected chi connectivity index (χ0v) is 19.5. The quantitative estimate of drug-likeness (QED) is 0.610. The van der Waals surface area contributed by atoms with Crippen LogP contribution in [0.3, 0.4) is 0 Å². The van der Waals surface area contributed by atoms with Crippen LogP contribution in [0.1, 0.15) is 19.4 Å². The molecule has 2 aromatic rings. The number of hydrogen-bond acceptors (Lipinski definition) is 5. The summed E-state index contributed by atoms with van der Waals surface area (Å²) in [6.07, 6.45) is 0. The van der Waals surface area contributed by atoms with Gasteiger partial charge in [0.25, 0.3) is 0 Å². The highest BCUT2D eigenvalue weighted by Crippen LogP contribution is 2.30. The molecule has 3 rings (SSSR count). The normalized spacial score (nSPS) is 14.4. The first-order chi connectivity index (χ1) is 15.6. The molecule has 0 radical (unpaired) electrons. The lowest BCUT2D eigenvalue weighted by atomic mass is 10.2. The van der Waals surface area contributed by atoms with Gasteiger partial charge in [-0.3, -0.25) is 4.90 Å². The fourth-order valence-electron chi connectivity index (χ4n) is 3.85. The molecule has 2 amide bonds. The maximum atomic E-state index is 12.8. The molecule has 1 aliphatic heterocycles. The smallest absolute Gasteiger partial charge is 0.321 e. The van der Waals surface area contributed by atoms with Crippen LogP contribution in [-0.4, -0.2) is 80.3 Å². The van der Waals surface area contributed by atoms with Crippen LogP contribution >= 0.6 is 0 Å². The number of anilines is 1.